The quantitative estimate of drug-likeness (QED) is 0.851. The zero-order valence-electron chi connectivity index (χ0n) is 10.4. The number of hydrogen-bond donors (Lipinski definition) is 0. The van der Waals surface area contributed by atoms with Gasteiger partial charge in [-0.25, -0.2) is 0 Å². The molecule has 2 aromatic rings. The van der Waals surface area contributed by atoms with Gasteiger partial charge in [-0.1, -0.05) is 21.1 Å². The van der Waals surface area contributed by atoms with Gasteiger partial charge in [0.1, 0.15) is 5.75 Å². The zero-order valence-corrected chi connectivity index (χ0v) is 12.8. The average Bonchev–Trinajstić information content (AvgIpc) is 2.97. The van der Waals surface area contributed by atoms with Crippen LogP contribution in [0.4, 0.5) is 0 Å². The predicted molar refractivity (Wildman–Crippen MR) is 77.6 cm³/mol. The smallest absolute Gasteiger partial charge is 0.223 e. The van der Waals surface area contributed by atoms with Gasteiger partial charge < -0.3 is 9.26 Å². The van der Waals surface area contributed by atoms with Crippen molar-refractivity contribution in [2.24, 2.45) is 0 Å². The summed E-state index contributed by atoms with van der Waals surface area (Å²) in [5.74, 6) is 4.59. The molecule has 6 heteroatoms. The number of fused-ring (bicyclic) bond motifs is 1. The molecule has 0 aliphatic carbocycles. The maximum atomic E-state index is 5.69. The third-order valence-electron chi connectivity index (χ3n) is 2.97. The van der Waals surface area contributed by atoms with E-state index in [1.54, 1.807) is 18.7 Å². The van der Waals surface area contributed by atoms with Crippen LogP contribution in [0.2, 0.25) is 0 Å². The molecule has 0 amide bonds. The summed E-state index contributed by atoms with van der Waals surface area (Å²) in [6, 6.07) is 6.18. The second kappa shape index (κ2) is 5.54. The van der Waals surface area contributed by atoms with Crippen LogP contribution in [0.25, 0.3) is 0 Å². The monoisotopic (exact) mass is 340 g/mol. The molecule has 0 bridgehead atoms. The van der Waals surface area contributed by atoms with E-state index in [1.807, 2.05) is 12.1 Å². The van der Waals surface area contributed by atoms with E-state index >= 15 is 0 Å². The first-order valence-electron chi connectivity index (χ1n) is 6.01. The van der Waals surface area contributed by atoms with Crippen LogP contribution in [0.3, 0.4) is 0 Å². The molecule has 1 aliphatic heterocycles. The topological polar surface area (TPSA) is 48.2 Å². The number of aromatic nitrogens is 2. The van der Waals surface area contributed by atoms with Gasteiger partial charge in [0.15, 0.2) is 5.82 Å². The van der Waals surface area contributed by atoms with Crippen LogP contribution in [-0.2, 0) is 5.75 Å². The van der Waals surface area contributed by atoms with E-state index < -0.39 is 0 Å². The van der Waals surface area contributed by atoms with Gasteiger partial charge >= 0.3 is 0 Å². The van der Waals surface area contributed by atoms with Gasteiger partial charge in [-0.3, -0.25) is 0 Å². The van der Waals surface area contributed by atoms with Crippen LogP contribution in [-0.4, -0.2) is 22.5 Å². The van der Waals surface area contributed by atoms with Crippen LogP contribution in [0.5, 0.6) is 5.75 Å². The summed E-state index contributed by atoms with van der Waals surface area (Å²) >= 11 is 5.31. The van der Waals surface area contributed by atoms with Crippen molar-refractivity contribution in [2.75, 3.05) is 12.4 Å². The molecule has 0 fully saturated rings. The van der Waals surface area contributed by atoms with Crippen molar-refractivity contribution in [1.29, 1.82) is 0 Å². The first-order chi connectivity index (χ1) is 9.22. The molecule has 2 heterocycles. The number of aryl methyl sites for hydroxylation is 1. The van der Waals surface area contributed by atoms with Crippen LogP contribution in [0.1, 0.15) is 23.2 Å². The summed E-state index contributed by atoms with van der Waals surface area (Å²) in [5.41, 5.74) is 1.28. The van der Waals surface area contributed by atoms with Gasteiger partial charge in [0.25, 0.3) is 0 Å². The third kappa shape index (κ3) is 2.95. The Morgan fingerprint density at radius 1 is 1.47 bits per heavy atom. The van der Waals surface area contributed by atoms with E-state index in [1.165, 1.54) is 5.56 Å². The largest absolute Gasteiger partial charge is 0.493 e. The molecule has 0 saturated heterocycles. The molecular formula is C13H13BrN2O2S. The second-order valence-corrected chi connectivity index (χ2v) is 6.38. The van der Waals surface area contributed by atoms with Gasteiger partial charge in [0.2, 0.25) is 5.89 Å². The number of hydrogen-bond acceptors (Lipinski definition) is 5. The van der Waals surface area contributed by atoms with Gasteiger partial charge in [-0.15, -0.1) is 0 Å². The van der Waals surface area contributed by atoms with Crippen molar-refractivity contribution in [3.63, 3.8) is 0 Å². The molecule has 0 radical (unpaired) electrons. The first kappa shape index (κ1) is 13.0. The van der Waals surface area contributed by atoms with Crippen LogP contribution >= 0.6 is 27.7 Å². The van der Waals surface area contributed by atoms with Crippen molar-refractivity contribution in [1.82, 2.24) is 10.1 Å². The SMILES string of the molecule is Cc1nc(CSCC2COc3ccc(Br)cc32)no1. The minimum atomic E-state index is 0.436. The highest BCUT2D eigenvalue weighted by Gasteiger charge is 2.24. The molecule has 1 unspecified atom stereocenters. The highest BCUT2D eigenvalue weighted by atomic mass is 79.9. The fourth-order valence-corrected chi connectivity index (χ4v) is 3.44. The predicted octanol–water partition coefficient (Wildman–Crippen LogP) is 3.55. The van der Waals surface area contributed by atoms with E-state index in [0.717, 1.165) is 34.2 Å². The lowest BCUT2D eigenvalue weighted by molar-refractivity contribution is 0.338. The average molecular weight is 341 g/mol. The molecule has 1 atom stereocenters. The van der Waals surface area contributed by atoms with E-state index in [4.69, 9.17) is 9.26 Å². The van der Waals surface area contributed by atoms with Crippen LogP contribution in [0, 0.1) is 6.92 Å². The maximum absolute atomic E-state index is 5.69. The maximum Gasteiger partial charge on any atom is 0.223 e. The Labute approximate surface area is 124 Å². The van der Waals surface area contributed by atoms with Crippen LogP contribution < -0.4 is 4.74 Å². The number of rotatable bonds is 4. The summed E-state index contributed by atoms with van der Waals surface area (Å²) in [7, 11) is 0. The van der Waals surface area contributed by atoms with E-state index in [2.05, 4.69) is 32.1 Å². The first-order valence-corrected chi connectivity index (χ1v) is 7.96. The molecule has 0 N–H and O–H groups in total. The molecule has 1 aliphatic rings. The summed E-state index contributed by atoms with van der Waals surface area (Å²) in [5, 5.41) is 3.89. The molecule has 19 heavy (non-hydrogen) atoms. The fraction of sp³-hybridized carbons (Fsp3) is 0.385. The number of thioether (sulfide) groups is 1. The van der Waals surface area contributed by atoms with Gasteiger partial charge in [-0.05, 0) is 18.2 Å². The number of nitrogens with zero attached hydrogens (tertiary/aromatic N) is 2. The molecule has 1 aromatic carbocycles. The van der Waals surface area contributed by atoms with Crippen molar-refractivity contribution >= 4 is 27.7 Å². The Morgan fingerprint density at radius 2 is 2.37 bits per heavy atom. The van der Waals surface area contributed by atoms with Crippen molar-refractivity contribution < 1.29 is 9.26 Å². The summed E-state index contributed by atoms with van der Waals surface area (Å²) in [6.45, 7) is 2.56. The lowest BCUT2D eigenvalue weighted by Gasteiger charge is -2.07. The standard InChI is InChI=1S/C13H13BrN2O2S/c1-8-15-13(16-18-8)7-19-6-9-5-17-12-3-2-10(14)4-11(9)12/h2-4,9H,5-7H2,1H3. The van der Waals surface area contributed by atoms with Gasteiger partial charge in [0, 0.05) is 28.6 Å². The Balaban J connectivity index is 1.59. The third-order valence-corrected chi connectivity index (χ3v) is 4.57. The van der Waals surface area contributed by atoms with Gasteiger partial charge in [-0.2, -0.15) is 16.7 Å². The fourth-order valence-electron chi connectivity index (χ4n) is 2.08. The molecule has 100 valence electrons. The minimum Gasteiger partial charge on any atom is -0.493 e. The summed E-state index contributed by atoms with van der Waals surface area (Å²) < 4.78 is 11.7. The lowest BCUT2D eigenvalue weighted by Crippen LogP contribution is -2.04. The summed E-state index contributed by atoms with van der Waals surface area (Å²) in [6.07, 6.45) is 0. The van der Waals surface area contributed by atoms with Gasteiger partial charge in [0.05, 0.1) is 12.4 Å². The molecule has 0 spiro atoms. The number of halogens is 1. The Bertz CT molecular complexity index is 588. The lowest BCUT2D eigenvalue weighted by atomic mass is 10.0. The molecule has 1 aromatic heterocycles. The normalized spacial score (nSPS) is 17.3. The highest BCUT2D eigenvalue weighted by molar-refractivity contribution is 9.10. The minimum absolute atomic E-state index is 0.436. The van der Waals surface area contributed by atoms with Crippen molar-refractivity contribution in [2.45, 2.75) is 18.6 Å². The highest BCUT2D eigenvalue weighted by Crippen LogP contribution is 2.37. The summed E-state index contributed by atoms with van der Waals surface area (Å²) in [4.78, 5) is 4.20. The number of ether oxygens (including phenoxy) is 1. The second-order valence-electron chi connectivity index (χ2n) is 4.43. The Hall–Kier alpha value is -1.01. The van der Waals surface area contributed by atoms with E-state index in [9.17, 15) is 0 Å². The van der Waals surface area contributed by atoms with E-state index in [-0.39, 0.29) is 0 Å². The number of benzene rings is 1. The Morgan fingerprint density at radius 3 is 3.16 bits per heavy atom. The Kier molecular flexibility index (Phi) is 3.79. The molecule has 0 saturated carbocycles. The molecule has 4 nitrogen and oxygen atoms in total. The molecular weight excluding hydrogens is 328 g/mol. The van der Waals surface area contributed by atoms with Crippen molar-refractivity contribution in [3.05, 3.63) is 40.0 Å². The zero-order chi connectivity index (χ0) is 13.2. The van der Waals surface area contributed by atoms with Crippen molar-refractivity contribution in [3.8, 4) is 5.75 Å². The van der Waals surface area contributed by atoms with Crippen LogP contribution in [0.15, 0.2) is 27.2 Å². The van der Waals surface area contributed by atoms with E-state index in [0.29, 0.717) is 11.8 Å². The molecule has 3 rings (SSSR count).